The zero-order valence-corrected chi connectivity index (χ0v) is 14.7. The molecule has 2 amide bonds. The van der Waals surface area contributed by atoms with Crippen molar-refractivity contribution in [2.45, 2.75) is 0 Å². The number of rotatable bonds is 5. The zero-order chi connectivity index (χ0) is 19.2. The number of carboxylic acids is 1. The molecule has 0 radical (unpaired) electrons. The molecule has 1 heterocycles. The van der Waals surface area contributed by atoms with Gasteiger partial charge in [-0.3, -0.25) is 9.59 Å². The number of thioether (sulfide) groups is 1. The van der Waals surface area contributed by atoms with Crippen LogP contribution in [0.1, 0.15) is 15.9 Å². The van der Waals surface area contributed by atoms with Crippen LogP contribution in [0.2, 0.25) is 0 Å². The van der Waals surface area contributed by atoms with E-state index in [1.807, 2.05) is 0 Å². The van der Waals surface area contributed by atoms with Gasteiger partial charge in [-0.15, -0.1) is 0 Å². The summed E-state index contributed by atoms with van der Waals surface area (Å²) in [7, 11) is 0. The van der Waals surface area contributed by atoms with E-state index < -0.39 is 18.5 Å². The van der Waals surface area contributed by atoms with Gasteiger partial charge in [-0.1, -0.05) is 30.3 Å². The molecular formula is C19H14N2O5S. The van der Waals surface area contributed by atoms with Crippen LogP contribution in [0.5, 0.6) is 5.75 Å². The molecule has 0 bridgehead atoms. The third-order valence-corrected chi connectivity index (χ3v) is 4.32. The highest BCUT2D eigenvalue weighted by Crippen LogP contribution is 2.27. The predicted octanol–water partition coefficient (Wildman–Crippen LogP) is 2.55. The highest BCUT2D eigenvalue weighted by molar-refractivity contribution is 8.18. The molecule has 3 rings (SSSR count). The normalized spacial score (nSPS) is 16.4. The summed E-state index contributed by atoms with van der Waals surface area (Å²) in [6.07, 6.45) is 1.65. The van der Waals surface area contributed by atoms with Crippen molar-refractivity contribution in [3.05, 3.63) is 70.6 Å². The molecular weight excluding hydrogens is 368 g/mol. The highest BCUT2D eigenvalue weighted by Gasteiger charge is 2.24. The molecule has 0 aliphatic carbocycles. The molecule has 1 fully saturated rings. The quantitative estimate of drug-likeness (QED) is 0.770. The molecule has 8 heteroatoms. The van der Waals surface area contributed by atoms with E-state index in [1.165, 1.54) is 0 Å². The Morgan fingerprint density at radius 1 is 1.11 bits per heavy atom. The van der Waals surface area contributed by atoms with Crippen LogP contribution < -0.4 is 10.1 Å². The van der Waals surface area contributed by atoms with Gasteiger partial charge in [0.15, 0.2) is 11.8 Å². The average molecular weight is 382 g/mol. The van der Waals surface area contributed by atoms with Gasteiger partial charge in [0.1, 0.15) is 5.75 Å². The fourth-order valence-electron chi connectivity index (χ4n) is 2.17. The summed E-state index contributed by atoms with van der Waals surface area (Å²) >= 11 is 1.08. The van der Waals surface area contributed by atoms with Crippen molar-refractivity contribution in [3.8, 4) is 5.75 Å². The summed E-state index contributed by atoms with van der Waals surface area (Å²) in [5.74, 6) is -1.42. The number of hydrogen-bond donors (Lipinski definition) is 2. The molecule has 0 unspecified atom stereocenters. The number of amidine groups is 1. The molecule has 136 valence electrons. The van der Waals surface area contributed by atoms with Gasteiger partial charge in [-0.05, 0) is 47.7 Å². The Hall–Kier alpha value is -3.39. The van der Waals surface area contributed by atoms with Crippen LogP contribution in [0.4, 0.5) is 0 Å². The Morgan fingerprint density at radius 2 is 1.81 bits per heavy atom. The van der Waals surface area contributed by atoms with Crippen LogP contribution in [0.3, 0.4) is 0 Å². The lowest BCUT2D eigenvalue weighted by Gasteiger charge is -2.03. The Labute approximate surface area is 158 Å². The van der Waals surface area contributed by atoms with Gasteiger partial charge in [0.25, 0.3) is 11.8 Å². The lowest BCUT2D eigenvalue weighted by atomic mass is 10.2. The summed E-state index contributed by atoms with van der Waals surface area (Å²) in [5.41, 5.74) is 1.17. The van der Waals surface area contributed by atoms with E-state index in [-0.39, 0.29) is 11.1 Å². The van der Waals surface area contributed by atoms with Crippen molar-refractivity contribution in [1.29, 1.82) is 0 Å². The maximum Gasteiger partial charge on any atom is 0.341 e. The first-order valence-electron chi connectivity index (χ1n) is 7.85. The molecule has 0 aromatic heterocycles. The van der Waals surface area contributed by atoms with E-state index in [0.717, 1.165) is 17.3 Å². The number of benzene rings is 2. The Balaban J connectivity index is 1.69. The average Bonchev–Trinajstić information content (AvgIpc) is 3.00. The largest absolute Gasteiger partial charge is 0.482 e. The number of nitrogens with one attached hydrogen (secondary N) is 1. The standard InChI is InChI=1S/C19H14N2O5S/c22-16(23)11-26-14-8-6-12(7-9-14)10-15-18(25)21-19(27-15)20-17(24)13-4-2-1-3-5-13/h1-10H,11H2,(H,22,23)(H,20,21,24,25)/b15-10-. The molecule has 2 aromatic carbocycles. The minimum atomic E-state index is -1.06. The molecule has 2 N–H and O–H groups in total. The maximum absolute atomic E-state index is 12.1. The summed E-state index contributed by atoms with van der Waals surface area (Å²) in [6.45, 7) is -0.423. The monoisotopic (exact) mass is 382 g/mol. The van der Waals surface area contributed by atoms with Crippen LogP contribution in [-0.2, 0) is 9.59 Å². The van der Waals surface area contributed by atoms with E-state index in [4.69, 9.17) is 9.84 Å². The molecule has 1 aliphatic rings. The molecule has 27 heavy (non-hydrogen) atoms. The van der Waals surface area contributed by atoms with E-state index in [2.05, 4.69) is 10.3 Å². The first kappa shape index (κ1) is 18.4. The number of aliphatic imine (C=N–C) groups is 1. The van der Waals surface area contributed by atoms with Gasteiger partial charge in [0.2, 0.25) is 0 Å². The number of hydrogen-bond acceptors (Lipinski definition) is 5. The topological polar surface area (TPSA) is 105 Å². The van der Waals surface area contributed by atoms with Gasteiger partial charge < -0.3 is 15.2 Å². The van der Waals surface area contributed by atoms with Crippen LogP contribution in [0, 0.1) is 0 Å². The molecule has 0 spiro atoms. The van der Waals surface area contributed by atoms with Gasteiger partial charge in [-0.2, -0.15) is 4.99 Å². The van der Waals surface area contributed by atoms with Gasteiger partial charge >= 0.3 is 5.97 Å². The van der Waals surface area contributed by atoms with Crippen LogP contribution in [-0.4, -0.2) is 34.7 Å². The minimum Gasteiger partial charge on any atom is -0.482 e. The van der Waals surface area contributed by atoms with E-state index in [0.29, 0.717) is 16.2 Å². The molecule has 7 nitrogen and oxygen atoms in total. The Morgan fingerprint density at radius 3 is 2.48 bits per heavy atom. The Kier molecular flexibility index (Phi) is 5.68. The first-order valence-corrected chi connectivity index (χ1v) is 8.66. The smallest absolute Gasteiger partial charge is 0.341 e. The van der Waals surface area contributed by atoms with Gasteiger partial charge in [0, 0.05) is 5.56 Å². The zero-order valence-electron chi connectivity index (χ0n) is 13.9. The second kappa shape index (κ2) is 8.33. The summed E-state index contributed by atoms with van der Waals surface area (Å²) in [6, 6.07) is 15.2. The summed E-state index contributed by atoms with van der Waals surface area (Å²) in [5, 5.41) is 11.4. The van der Waals surface area contributed by atoms with Crippen molar-refractivity contribution >= 4 is 40.8 Å². The van der Waals surface area contributed by atoms with E-state index in [1.54, 1.807) is 60.7 Å². The van der Waals surface area contributed by atoms with E-state index >= 15 is 0 Å². The van der Waals surface area contributed by atoms with E-state index in [9.17, 15) is 14.4 Å². The third kappa shape index (κ3) is 5.05. The number of carboxylic acid groups (broad SMARTS) is 1. The van der Waals surface area contributed by atoms with Crippen molar-refractivity contribution in [2.75, 3.05) is 6.61 Å². The maximum atomic E-state index is 12.1. The lowest BCUT2D eigenvalue weighted by molar-refractivity contribution is -0.139. The minimum absolute atomic E-state index is 0.224. The summed E-state index contributed by atoms with van der Waals surface area (Å²) < 4.78 is 5.06. The van der Waals surface area contributed by atoms with Crippen molar-refractivity contribution < 1.29 is 24.2 Å². The molecule has 2 aromatic rings. The Bertz CT molecular complexity index is 936. The SMILES string of the molecule is O=C(O)COc1ccc(/C=C2\SC(=NC(=O)c3ccccc3)NC2=O)cc1. The lowest BCUT2D eigenvalue weighted by Crippen LogP contribution is -2.20. The number of carbonyl (C=O) groups excluding carboxylic acids is 2. The molecule has 1 saturated heterocycles. The van der Waals surface area contributed by atoms with Gasteiger partial charge in [-0.25, -0.2) is 4.79 Å². The number of aliphatic carboxylic acids is 1. The van der Waals surface area contributed by atoms with Crippen LogP contribution >= 0.6 is 11.8 Å². The van der Waals surface area contributed by atoms with Gasteiger partial charge in [0.05, 0.1) is 4.91 Å². The highest BCUT2D eigenvalue weighted by atomic mass is 32.2. The van der Waals surface area contributed by atoms with Crippen molar-refractivity contribution in [2.24, 2.45) is 4.99 Å². The second-order valence-corrected chi connectivity index (χ2v) is 6.44. The third-order valence-electron chi connectivity index (χ3n) is 3.41. The fraction of sp³-hybridized carbons (Fsp3) is 0.0526. The molecule has 0 saturated carbocycles. The number of amides is 2. The number of ether oxygens (including phenoxy) is 1. The fourth-order valence-corrected chi connectivity index (χ4v) is 2.99. The molecule has 0 atom stereocenters. The first-order chi connectivity index (χ1) is 13.0. The van der Waals surface area contributed by atoms with Crippen molar-refractivity contribution in [3.63, 3.8) is 0 Å². The van der Waals surface area contributed by atoms with Crippen LogP contribution in [0.25, 0.3) is 6.08 Å². The molecule has 1 aliphatic heterocycles. The van der Waals surface area contributed by atoms with Crippen LogP contribution in [0.15, 0.2) is 64.5 Å². The second-order valence-electron chi connectivity index (χ2n) is 5.40. The number of nitrogens with zero attached hydrogens (tertiary/aromatic N) is 1. The predicted molar refractivity (Wildman–Crippen MR) is 101 cm³/mol. The summed E-state index contributed by atoms with van der Waals surface area (Å²) in [4.78, 5) is 39.0. The number of carbonyl (C=O) groups is 3. The van der Waals surface area contributed by atoms with Crippen molar-refractivity contribution in [1.82, 2.24) is 5.32 Å².